The number of Topliss-reactive ketones (excluding diaryl/α,β-unsaturated/α-hetero) is 1. The van der Waals surface area contributed by atoms with E-state index in [1.165, 1.54) is 0 Å². The molecule has 12 heavy (non-hydrogen) atoms. The molecule has 0 fully saturated rings. The molecule has 0 atom stereocenters. The van der Waals surface area contributed by atoms with Gasteiger partial charge in [0.15, 0.2) is 5.82 Å². The standard InChI is InChI=1S/C8H12N2OS/c1-3-12-6-7(11)8-9-4-5-10(8)2/h4-5H,3,6H2,1-2H3. The Kier molecular flexibility index (Phi) is 3.34. The van der Waals surface area contributed by atoms with Crippen LogP contribution in [-0.4, -0.2) is 26.8 Å². The quantitative estimate of drug-likeness (QED) is 0.663. The lowest BCUT2D eigenvalue weighted by molar-refractivity contribution is 0.101. The Morgan fingerprint density at radius 2 is 2.50 bits per heavy atom. The van der Waals surface area contributed by atoms with Crippen LogP contribution in [0.4, 0.5) is 0 Å². The maximum atomic E-state index is 11.4. The van der Waals surface area contributed by atoms with E-state index < -0.39 is 0 Å². The van der Waals surface area contributed by atoms with Crippen LogP contribution < -0.4 is 0 Å². The SMILES string of the molecule is CCSCC(=O)c1nccn1C. The summed E-state index contributed by atoms with van der Waals surface area (Å²) >= 11 is 1.62. The minimum absolute atomic E-state index is 0.106. The van der Waals surface area contributed by atoms with Gasteiger partial charge in [-0.3, -0.25) is 4.79 Å². The van der Waals surface area contributed by atoms with Crippen molar-refractivity contribution in [3.8, 4) is 0 Å². The predicted molar refractivity (Wildman–Crippen MR) is 50.5 cm³/mol. The smallest absolute Gasteiger partial charge is 0.208 e. The molecule has 0 amide bonds. The molecular weight excluding hydrogens is 172 g/mol. The topological polar surface area (TPSA) is 34.9 Å². The van der Waals surface area contributed by atoms with Gasteiger partial charge in [-0.1, -0.05) is 6.92 Å². The molecular formula is C8H12N2OS. The molecule has 0 bridgehead atoms. The molecule has 0 spiro atoms. The van der Waals surface area contributed by atoms with Crippen molar-refractivity contribution in [2.24, 2.45) is 7.05 Å². The Labute approximate surface area is 76.2 Å². The minimum Gasteiger partial charge on any atom is -0.332 e. The van der Waals surface area contributed by atoms with Crippen LogP contribution in [0.2, 0.25) is 0 Å². The van der Waals surface area contributed by atoms with Gasteiger partial charge < -0.3 is 4.57 Å². The summed E-state index contributed by atoms with van der Waals surface area (Å²) in [5, 5.41) is 0. The predicted octanol–water partition coefficient (Wildman–Crippen LogP) is 1.36. The normalized spacial score (nSPS) is 10.2. The minimum atomic E-state index is 0.106. The third-order valence-electron chi connectivity index (χ3n) is 1.51. The molecule has 1 heterocycles. The molecule has 0 aliphatic carbocycles. The third-order valence-corrected chi connectivity index (χ3v) is 2.38. The number of thioether (sulfide) groups is 1. The number of hydrogen-bond donors (Lipinski definition) is 0. The van der Waals surface area contributed by atoms with Crippen LogP contribution in [0.1, 0.15) is 17.5 Å². The van der Waals surface area contributed by atoms with Gasteiger partial charge in [-0.25, -0.2) is 4.98 Å². The highest BCUT2D eigenvalue weighted by Crippen LogP contribution is 2.04. The van der Waals surface area contributed by atoms with Crippen molar-refractivity contribution in [2.45, 2.75) is 6.92 Å². The summed E-state index contributed by atoms with van der Waals surface area (Å²) in [5.41, 5.74) is 0. The lowest BCUT2D eigenvalue weighted by atomic mass is 10.4. The Hall–Kier alpha value is -0.770. The number of hydrogen-bond acceptors (Lipinski definition) is 3. The van der Waals surface area contributed by atoms with Crippen LogP contribution in [0.15, 0.2) is 12.4 Å². The van der Waals surface area contributed by atoms with Crippen LogP contribution >= 0.6 is 11.8 Å². The average Bonchev–Trinajstić information content (AvgIpc) is 2.47. The molecule has 0 aliphatic rings. The van der Waals surface area contributed by atoms with E-state index in [-0.39, 0.29) is 5.78 Å². The highest BCUT2D eigenvalue weighted by atomic mass is 32.2. The largest absolute Gasteiger partial charge is 0.332 e. The van der Waals surface area contributed by atoms with Gasteiger partial charge in [0, 0.05) is 19.4 Å². The Bertz CT molecular complexity index is 270. The molecule has 3 nitrogen and oxygen atoms in total. The van der Waals surface area contributed by atoms with Crippen molar-refractivity contribution in [3.63, 3.8) is 0 Å². The van der Waals surface area contributed by atoms with Crippen LogP contribution in [0.25, 0.3) is 0 Å². The lowest BCUT2D eigenvalue weighted by Crippen LogP contribution is -2.09. The molecule has 0 radical (unpaired) electrons. The van der Waals surface area contributed by atoms with Gasteiger partial charge >= 0.3 is 0 Å². The van der Waals surface area contributed by atoms with Crippen molar-refractivity contribution >= 4 is 17.5 Å². The molecule has 0 unspecified atom stereocenters. The molecule has 0 aliphatic heterocycles. The van der Waals surface area contributed by atoms with Crippen molar-refractivity contribution < 1.29 is 4.79 Å². The average molecular weight is 184 g/mol. The highest BCUT2D eigenvalue weighted by Gasteiger charge is 2.09. The number of ketones is 1. The van der Waals surface area contributed by atoms with Crippen LogP contribution in [0.3, 0.4) is 0 Å². The molecule has 1 aromatic heterocycles. The van der Waals surface area contributed by atoms with E-state index >= 15 is 0 Å². The second kappa shape index (κ2) is 4.30. The summed E-state index contributed by atoms with van der Waals surface area (Å²) in [5.74, 6) is 2.16. The molecule has 0 aromatic carbocycles. The lowest BCUT2D eigenvalue weighted by Gasteiger charge is -1.98. The monoisotopic (exact) mass is 184 g/mol. The second-order valence-corrected chi connectivity index (χ2v) is 3.70. The van der Waals surface area contributed by atoms with E-state index in [4.69, 9.17) is 0 Å². The Morgan fingerprint density at radius 1 is 1.75 bits per heavy atom. The van der Waals surface area contributed by atoms with Crippen LogP contribution in [-0.2, 0) is 7.05 Å². The molecule has 1 aromatic rings. The van der Waals surface area contributed by atoms with Gasteiger partial charge in [0.2, 0.25) is 5.78 Å². The van der Waals surface area contributed by atoms with Crippen molar-refractivity contribution in [1.82, 2.24) is 9.55 Å². The van der Waals surface area contributed by atoms with E-state index in [2.05, 4.69) is 4.98 Å². The molecule has 0 saturated carbocycles. The number of carbonyl (C=O) groups is 1. The number of aryl methyl sites for hydroxylation is 1. The van der Waals surface area contributed by atoms with E-state index in [1.54, 1.807) is 28.7 Å². The van der Waals surface area contributed by atoms with Crippen molar-refractivity contribution in [3.05, 3.63) is 18.2 Å². The summed E-state index contributed by atoms with van der Waals surface area (Å²) < 4.78 is 1.75. The summed E-state index contributed by atoms with van der Waals surface area (Å²) in [4.78, 5) is 15.4. The first-order valence-corrected chi connectivity index (χ1v) is 4.99. The van der Waals surface area contributed by atoms with Gasteiger partial charge in [-0.05, 0) is 5.75 Å². The van der Waals surface area contributed by atoms with Gasteiger partial charge in [0.25, 0.3) is 0 Å². The van der Waals surface area contributed by atoms with Crippen molar-refractivity contribution in [1.29, 1.82) is 0 Å². The zero-order valence-electron chi connectivity index (χ0n) is 7.28. The van der Waals surface area contributed by atoms with E-state index in [0.717, 1.165) is 5.75 Å². The molecule has 0 N–H and O–H groups in total. The third kappa shape index (κ3) is 2.11. The molecule has 0 saturated heterocycles. The maximum absolute atomic E-state index is 11.4. The highest BCUT2D eigenvalue weighted by molar-refractivity contribution is 7.99. The summed E-state index contributed by atoms with van der Waals surface area (Å²) in [7, 11) is 1.83. The number of rotatable bonds is 4. The summed E-state index contributed by atoms with van der Waals surface area (Å²) in [6.45, 7) is 2.04. The first-order chi connectivity index (χ1) is 5.75. The van der Waals surface area contributed by atoms with E-state index in [9.17, 15) is 4.79 Å². The zero-order valence-corrected chi connectivity index (χ0v) is 8.10. The summed E-state index contributed by atoms with van der Waals surface area (Å²) in [6.07, 6.45) is 3.42. The number of nitrogens with zero attached hydrogens (tertiary/aromatic N) is 2. The maximum Gasteiger partial charge on any atom is 0.208 e. The fourth-order valence-corrected chi connectivity index (χ4v) is 1.41. The fourth-order valence-electron chi connectivity index (χ4n) is 0.894. The molecule has 4 heteroatoms. The second-order valence-electron chi connectivity index (χ2n) is 2.42. The van der Waals surface area contributed by atoms with Gasteiger partial charge in [0.1, 0.15) is 0 Å². The Balaban J connectivity index is 2.59. The first-order valence-electron chi connectivity index (χ1n) is 3.84. The van der Waals surface area contributed by atoms with Crippen LogP contribution in [0, 0.1) is 0 Å². The first kappa shape index (κ1) is 9.32. The zero-order chi connectivity index (χ0) is 8.97. The molecule has 1 rings (SSSR count). The van der Waals surface area contributed by atoms with Gasteiger partial charge in [-0.15, -0.1) is 0 Å². The molecule has 66 valence electrons. The van der Waals surface area contributed by atoms with Gasteiger partial charge in [-0.2, -0.15) is 11.8 Å². The van der Waals surface area contributed by atoms with E-state index in [1.807, 2.05) is 14.0 Å². The van der Waals surface area contributed by atoms with Crippen molar-refractivity contribution in [2.75, 3.05) is 11.5 Å². The van der Waals surface area contributed by atoms with Gasteiger partial charge in [0.05, 0.1) is 5.75 Å². The summed E-state index contributed by atoms with van der Waals surface area (Å²) in [6, 6.07) is 0. The number of aromatic nitrogens is 2. The number of imidazole rings is 1. The Morgan fingerprint density at radius 3 is 3.00 bits per heavy atom. The number of carbonyl (C=O) groups excluding carboxylic acids is 1. The van der Waals surface area contributed by atoms with Crippen LogP contribution in [0.5, 0.6) is 0 Å². The fraction of sp³-hybridized carbons (Fsp3) is 0.500. The van der Waals surface area contributed by atoms with E-state index in [0.29, 0.717) is 11.6 Å².